The summed E-state index contributed by atoms with van der Waals surface area (Å²) in [6.07, 6.45) is 8.92. The summed E-state index contributed by atoms with van der Waals surface area (Å²) in [6.45, 7) is 6.24. The van der Waals surface area contributed by atoms with Crippen LogP contribution in [0.15, 0.2) is 42.5 Å². The Morgan fingerprint density at radius 3 is 2.32 bits per heavy atom. The van der Waals surface area contributed by atoms with Crippen molar-refractivity contribution in [3.63, 3.8) is 0 Å². The van der Waals surface area contributed by atoms with E-state index in [1.165, 1.54) is 16.7 Å². The van der Waals surface area contributed by atoms with Crippen molar-refractivity contribution in [3.05, 3.63) is 64.7 Å². The minimum Gasteiger partial charge on any atom is -0.388 e. The number of hydrogen-bond acceptors (Lipinski definition) is 4. The zero-order valence-electron chi connectivity index (χ0n) is 16.5. The molecule has 0 amide bonds. The second-order valence-electron chi connectivity index (χ2n) is 7.52. The van der Waals surface area contributed by atoms with E-state index in [0.717, 1.165) is 30.4 Å². The normalized spacial score (nSPS) is 16.1. The van der Waals surface area contributed by atoms with Gasteiger partial charge in [-0.15, -0.1) is 10.5 Å². The fourth-order valence-electron chi connectivity index (χ4n) is 3.86. The van der Waals surface area contributed by atoms with Crippen LogP contribution in [-0.4, -0.2) is 0 Å². The molecule has 3 rings (SSSR count). The molecule has 2 aromatic carbocycles. The number of benzene rings is 2. The SMILES string of the molecule is Cc1cc(C2=CCC(c3ccc(OC#N)cc3)CC2)cc(C(C)C)c1OC#N. The van der Waals surface area contributed by atoms with Gasteiger partial charge < -0.3 is 9.47 Å². The molecule has 0 aromatic heterocycles. The molecule has 0 heterocycles. The third-order valence-corrected chi connectivity index (χ3v) is 5.37. The quantitative estimate of drug-likeness (QED) is 0.587. The molecule has 0 aliphatic heterocycles. The number of ether oxygens (including phenoxy) is 2. The summed E-state index contributed by atoms with van der Waals surface area (Å²) in [7, 11) is 0. The lowest BCUT2D eigenvalue weighted by Gasteiger charge is -2.24. The lowest BCUT2D eigenvalue weighted by atomic mass is 9.81. The number of hydrogen-bond donors (Lipinski definition) is 0. The van der Waals surface area contributed by atoms with E-state index in [0.29, 0.717) is 17.4 Å². The van der Waals surface area contributed by atoms with Gasteiger partial charge in [-0.1, -0.05) is 32.1 Å². The highest BCUT2D eigenvalue weighted by Gasteiger charge is 2.20. The van der Waals surface area contributed by atoms with Crippen molar-refractivity contribution in [2.75, 3.05) is 0 Å². The predicted molar refractivity (Wildman–Crippen MR) is 109 cm³/mol. The van der Waals surface area contributed by atoms with Gasteiger partial charge >= 0.3 is 0 Å². The third kappa shape index (κ3) is 4.18. The van der Waals surface area contributed by atoms with Gasteiger partial charge in [-0.3, -0.25) is 0 Å². The van der Waals surface area contributed by atoms with Crippen molar-refractivity contribution in [1.29, 1.82) is 10.5 Å². The molecule has 28 heavy (non-hydrogen) atoms. The summed E-state index contributed by atoms with van der Waals surface area (Å²) in [5.74, 6) is 2.03. The number of nitriles is 2. The largest absolute Gasteiger partial charge is 0.388 e. The van der Waals surface area contributed by atoms with Crippen LogP contribution in [0.4, 0.5) is 0 Å². The van der Waals surface area contributed by atoms with E-state index >= 15 is 0 Å². The fraction of sp³-hybridized carbons (Fsp3) is 0.333. The van der Waals surface area contributed by atoms with Crippen molar-refractivity contribution >= 4 is 5.57 Å². The van der Waals surface area contributed by atoms with Gasteiger partial charge in [0.1, 0.15) is 11.5 Å². The van der Waals surface area contributed by atoms with Crippen LogP contribution in [0, 0.1) is 30.0 Å². The molecule has 0 radical (unpaired) electrons. The predicted octanol–water partition coefficient (Wildman–Crippen LogP) is 6.19. The molecule has 0 saturated heterocycles. The monoisotopic (exact) mass is 372 g/mol. The number of allylic oxidation sites excluding steroid dienone is 2. The van der Waals surface area contributed by atoms with Gasteiger partial charge in [-0.25, -0.2) is 0 Å². The molecule has 142 valence electrons. The minimum absolute atomic E-state index is 0.285. The van der Waals surface area contributed by atoms with Gasteiger partial charge in [-0.05, 0) is 90.1 Å². The summed E-state index contributed by atoms with van der Waals surface area (Å²) >= 11 is 0. The molecule has 2 aromatic rings. The van der Waals surface area contributed by atoms with Gasteiger partial charge in [0.2, 0.25) is 0 Å². The van der Waals surface area contributed by atoms with Gasteiger partial charge in [-0.2, -0.15) is 0 Å². The van der Waals surface area contributed by atoms with E-state index in [4.69, 9.17) is 20.0 Å². The van der Waals surface area contributed by atoms with Gasteiger partial charge in [0, 0.05) is 0 Å². The summed E-state index contributed by atoms with van der Waals surface area (Å²) < 4.78 is 10.1. The molecule has 0 fully saturated rings. The summed E-state index contributed by atoms with van der Waals surface area (Å²) in [5, 5.41) is 17.5. The molecule has 1 atom stereocenters. The van der Waals surface area contributed by atoms with Crippen LogP contribution in [0.25, 0.3) is 5.57 Å². The van der Waals surface area contributed by atoms with E-state index in [9.17, 15) is 0 Å². The van der Waals surface area contributed by atoms with Crippen LogP contribution in [0.5, 0.6) is 11.5 Å². The highest BCUT2D eigenvalue weighted by atomic mass is 16.5. The average Bonchev–Trinajstić information content (AvgIpc) is 2.70. The third-order valence-electron chi connectivity index (χ3n) is 5.37. The zero-order chi connectivity index (χ0) is 20.1. The van der Waals surface area contributed by atoms with E-state index in [2.05, 4.69) is 32.1 Å². The first-order valence-corrected chi connectivity index (χ1v) is 9.59. The molecule has 1 unspecified atom stereocenters. The van der Waals surface area contributed by atoms with Crippen LogP contribution >= 0.6 is 0 Å². The maximum atomic E-state index is 8.95. The molecule has 4 heteroatoms. The molecule has 1 aliphatic carbocycles. The van der Waals surface area contributed by atoms with Crippen molar-refractivity contribution < 1.29 is 9.47 Å². The Morgan fingerprint density at radius 2 is 1.75 bits per heavy atom. The summed E-state index contributed by atoms with van der Waals surface area (Å²) in [6, 6.07) is 12.1. The second kappa shape index (κ2) is 8.63. The van der Waals surface area contributed by atoms with E-state index < -0.39 is 0 Å². The molecule has 0 spiro atoms. The number of rotatable bonds is 5. The zero-order valence-corrected chi connectivity index (χ0v) is 16.5. The Labute approximate surface area is 166 Å². The van der Waals surface area contributed by atoms with Gasteiger partial charge in [0.25, 0.3) is 12.5 Å². The number of nitrogens with zero attached hydrogens (tertiary/aromatic N) is 2. The first-order valence-electron chi connectivity index (χ1n) is 9.59. The van der Waals surface area contributed by atoms with E-state index in [-0.39, 0.29) is 5.92 Å². The standard InChI is InChI=1S/C24H24N2O2/c1-16(2)23-13-21(12-17(3)24(23)28-15-26)20-6-4-18(5-7-20)19-8-10-22(11-9-19)27-14-25/h6,8-13,16,18H,4-5,7H2,1-3H3. The van der Waals surface area contributed by atoms with Crippen molar-refractivity contribution in [1.82, 2.24) is 0 Å². The smallest absolute Gasteiger partial charge is 0.292 e. The molecular formula is C24H24N2O2. The topological polar surface area (TPSA) is 66.0 Å². The van der Waals surface area contributed by atoms with Crippen LogP contribution in [0.1, 0.15) is 67.2 Å². The maximum Gasteiger partial charge on any atom is 0.292 e. The Kier molecular flexibility index (Phi) is 6.02. The fourth-order valence-corrected chi connectivity index (χ4v) is 3.86. The Morgan fingerprint density at radius 1 is 1.04 bits per heavy atom. The average molecular weight is 372 g/mol. The first-order chi connectivity index (χ1) is 13.5. The molecule has 4 nitrogen and oxygen atoms in total. The van der Waals surface area contributed by atoms with Gasteiger partial charge in [0.05, 0.1) is 0 Å². The maximum absolute atomic E-state index is 8.95. The molecule has 0 saturated carbocycles. The molecule has 1 aliphatic rings. The first kappa shape index (κ1) is 19.5. The minimum atomic E-state index is 0.285. The second-order valence-corrected chi connectivity index (χ2v) is 7.52. The van der Waals surface area contributed by atoms with Crippen molar-refractivity contribution in [3.8, 4) is 24.0 Å². The lowest BCUT2D eigenvalue weighted by Crippen LogP contribution is -2.05. The Hall–Kier alpha value is -3.24. The summed E-state index contributed by atoms with van der Waals surface area (Å²) in [5.41, 5.74) is 5.93. The van der Waals surface area contributed by atoms with Crippen LogP contribution in [0.3, 0.4) is 0 Å². The highest BCUT2D eigenvalue weighted by Crippen LogP contribution is 2.39. The summed E-state index contributed by atoms with van der Waals surface area (Å²) in [4.78, 5) is 0. The molecule has 0 N–H and O–H groups in total. The lowest BCUT2D eigenvalue weighted by molar-refractivity contribution is 0.492. The highest BCUT2D eigenvalue weighted by molar-refractivity contribution is 5.69. The van der Waals surface area contributed by atoms with Crippen LogP contribution < -0.4 is 9.47 Å². The molecular weight excluding hydrogens is 348 g/mol. The Balaban J connectivity index is 1.81. The van der Waals surface area contributed by atoms with Crippen LogP contribution in [0.2, 0.25) is 0 Å². The van der Waals surface area contributed by atoms with Crippen molar-refractivity contribution in [2.45, 2.75) is 51.9 Å². The van der Waals surface area contributed by atoms with E-state index in [1.54, 1.807) is 6.26 Å². The molecule has 0 bridgehead atoms. The van der Waals surface area contributed by atoms with Crippen molar-refractivity contribution in [2.24, 2.45) is 0 Å². The van der Waals surface area contributed by atoms with E-state index in [1.807, 2.05) is 37.4 Å². The van der Waals surface area contributed by atoms with Gasteiger partial charge in [0.15, 0.2) is 0 Å². The van der Waals surface area contributed by atoms with Crippen LogP contribution in [-0.2, 0) is 0 Å². The Bertz CT molecular complexity index is 960. The number of aryl methyl sites for hydroxylation is 1.